The highest BCUT2D eigenvalue weighted by Gasteiger charge is 2.31. The second kappa shape index (κ2) is 5.96. The summed E-state index contributed by atoms with van der Waals surface area (Å²) in [6, 6.07) is 7.11. The van der Waals surface area contributed by atoms with E-state index in [0.717, 1.165) is 5.69 Å². The summed E-state index contributed by atoms with van der Waals surface area (Å²) in [5.74, 6) is -0.763. The first-order chi connectivity index (χ1) is 10.5. The quantitative estimate of drug-likeness (QED) is 0.816. The molecule has 0 bridgehead atoms. The lowest BCUT2D eigenvalue weighted by molar-refractivity contribution is -0.151. The first-order valence-corrected chi connectivity index (χ1v) is 7.00. The van der Waals surface area contributed by atoms with Crippen LogP contribution in [0.3, 0.4) is 0 Å². The van der Waals surface area contributed by atoms with Crippen LogP contribution in [-0.4, -0.2) is 32.4 Å². The maximum Gasteiger partial charge on any atom is 0.354 e. The van der Waals surface area contributed by atoms with Crippen LogP contribution in [0.4, 0.5) is 0 Å². The fourth-order valence-corrected chi connectivity index (χ4v) is 2.21. The van der Waals surface area contributed by atoms with E-state index < -0.39 is 12.3 Å². The molecule has 2 N–H and O–H groups in total. The van der Waals surface area contributed by atoms with Crippen molar-refractivity contribution in [3.05, 3.63) is 51.9 Å². The molecule has 1 aromatic carbocycles. The molecule has 0 spiro atoms. The zero-order chi connectivity index (χ0) is 15.7. The molecule has 1 aliphatic rings. The molecule has 1 unspecified atom stereocenters. The number of aliphatic hydroxyl groups is 1. The molecule has 1 aromatic heterocycles. The van der Waals surface area contributed by atoms with Crippen molar-refractivity contribution in [2.75, 3.05) is 0 Å². The predicted octanol–water partition coefficient (Wildman–Crippen LogP) is 1.34. The van der Waals surface area contributed by atoms with Crippen molar-refractivity contribution in [2.24, 2.45) is 0 Å². The number of cyclic esters (lactones) is 1. The normalized spacial score (nSPS) is 17.8. The minimum Gasteiger partial charge on any atom is -0.425 e. The molecule has 0 aliphatic carbocycles. The molecule has 0 fully saturated rings. The Labute approximate surface area is 135 Å². The van der Waals surface area contributed by atoms with Crippen LogP contribution in [0.25, 0.3) is 5.69 Å². The molecule has 1 aliphatic heterocycles. The van der Waals surface area contributed by atoms with Crippen molar-refractivity contribution >= 4 is 29.2 Å². The van der Waals surface area contributed by atoms with Gasteiger partial charge in [0.2, 0.25) is 6.29 Å². The van der Waals surface area contributed by atoms with Gasteiger partial charge in [0, 0.05) is 5.02 Å². The average Bonchev–Trinajstić information content (AvgIpc) is 3.05. The van der Waals surface area contributed by atoms with Crippen molar-refractivity contribution in [3.63, 3.8) is 0 Å². The number of carbonyl (C=O) groups is 1. The molecule has 3 rings (SSSR count). The van der Waals surface area contributed by atoms with Gasteiger partial charge >= 0.3 is 5.97 Å². The molecule has 22 heavy (non-hydrogen) atoms. The van der Waals surface area contributed by atoms with E-state index in [2.05, 4.69) is 20.4 Å². The smallest absolute Gasteiger partial charge is 0.354 e. The number of nitrogens with one attached hydrogen (secondary N) is 1. The third-order valence-electron chi connectivity index (χ3n) is 2.97. The molecular weight excluding hydrogens is 331 g/mol. The Morgan fingerprint density at radius 2 is 2.05 bits per heavy atom. The Morgan fingerprint density at radius 1 is 1.32 bits per heavy atom. The number of carbonyl (C=O) groups excluding carboxylic acids is 1. The highest BCUT2D eigenvalue weighted by Crippen LogP contribution is 2.22. The van der Waals surface area contributed by atoms with Crippen LogP contribution in [0.5, 0.6) is 0 Å². The number of nitrogens with zero attached hydrogens (tertiary/aromatic N) is 3. The van der Waals surface area contributed by atoms with Crippen LogP contribution < -0.4 is 5.32 Å². The van der Waals surface area contributed by atoms with Gasteiger partial charge in [0.25, 0.3) is 0 Å². The standard InChI is InChI=1S/C13H10Cl2N4O3/c14-7-1-3-9(4-2-7)19-6-8(17-18-19)5-16-11-10(15)12(20)22-13(11)21/h1-4,6,13,16,21H,5H2. The second-order valence-corrected chi connectivity index (χ2v) is 5.28. The summed E-state index contributed by atoms with van der Waals surface area (Å²) in [6.07, 6.45) is 0.320. The summed E-state index contributed by atoms with van der Waals surface area (Å²) in [5.41, 5.74) is 1.52. The summed E-state index contributed by atoms with van der Waals surface area (Å²) < 4.78 is 6.13. The number of ether oxygens (including phenoxy) is 1. The van der Waals surface area contributed by atoms with Gasteiger partial charge in [-0.05, 0) is 24.3 Å². The molecule has 0 saturated carbocycles. The summed E-state index contributed by atoms with van der Waals surface area (Å²) in [6.45, 7) is 0.229. The number of hydrogen-bond acceptors (Lipinski definition) is 6. The Hall–Kier alpha value is -2.09. The monoisotopic (exact) mass is 340 g/mol. The Morgan fingerprint density at radius 3 is 2.68 bits per heavy atom. The van der Waals surface area contributed by atoms with Gasteiger partial charge in [0.15, 0.2) is 5.03 Å². The van der Waals surface area contributed by atoms with E-state index in [-0.39, 0.29) is 17.3 Å². The van der Waals surface area contributed by atoms with E-state index in [1.807, 2.05) is 0 Å². The zero-order valence-electron chi connectivity index (χ0n) is 11.0. The molecule has 114 valence electrons. The fraction of sp³-hybridized carbons (Fsp3) is 0.154. The van der Waals surface area contributed by atoms with Crippen molar-refractivity contribution in [3.8, 4) is 5.69 Å². The maximum absolute atomic E-state index is 11.2. The number of halogens is 2. The van der Waals surface area contributed by atoms with Crippen LogP contribution in [-0.2, 0) is 16.1 Å². The van der Waals surface area contributed by atoms with Crippen molar-refractivity contribution in [1.82, 2.24) is 20.3 Å². The van der Waals surface area contributed by atoms with Gasteiger partial charge in [-0.2, -0.15) is 0 Å². The van der Waals surface area contributed by atoms with Crippen LogP contribution in [0.15, 0.2) is 41.2 Å². The van der Waals surface area contributed by atoms with Crippen LogP contribution in [0, 0.1) is 0 Å². The minimum absolute atomic E-state index is 0.118. The largest absolute Gasteiger partial charge is 0.425 e. The molecule has 9 heteroatoms. The summed E-state index contributed by atoms with van der Waals surface area (Å²) in [5, 5.41) is 20.8. The predicted molar refractivity (Wildman–Crippen MR) is 78.2 cm³/mol. The topological polar surface area (TPSA) is 89.3 Å². The van der Waals surface area contributed by atoms with Gasteiger partial charge in [0.1, 0.15) is 11.4 Å². The lowest BCUT2D eigenvalue weighted by Gasteiger charge is -2.08. The first kappa shape index (κ1) is 14.8. The molecule has 0 radical (unpaired) electrons. The number of aromatic nitrogens is 3. The van der Waals surface area contributed by atoms with Crippen LogP contribution in [0.1, 0.15) is 5.69 Å². The van der Waals surface area contributed by atoms with Crippen LogP contribution >= 0.6 is 23.2 Å². The Kier molecular flexibility index (Phi) is 4.02. The highest BCUT2D eigenvalue weighted by molar-refractivity contribution is 6.42. The summed E-state index contributed by atoms with van der Waals surface area (Å²) in [4.78, 5) is 11.2. The van der Waals surface area contributed by atoms with E-state index in [1.165, 1.54) is 0 Å². The van der Waals surface area contributed by atoms with Crippen LogP contribution in [0.2, 0.25) is 5.02 Å². The van der Waals surface area contributed by atoms with Gasteiger partial charge < -0.3 is 15.2 Å². The lowest BCUT2D eigenvalue weighted by atomic mass is 10.3. The van der Waals surface area contributed by atoms with Crippen molar-refractivity contribution in [1.29, 1.82) is 0 Å². The third-order valence-corrected chi connectivity index (χ3v) is 3.58. The van der Waals surface area contributed by atoms with E-state index in [0.29, 0.717) is 10.7 Å². The van der Waals surface area contributed by atoms with E-state index in [4.69, 9.17) is 23.2 Å². The SMILES string of the molecule is O=C1OC(O)C(NCc2cn(-c3ccc(Cl)cc3)nn2)=C1Cl. The third kappa shape index (κ3) is 2.92. The van der Waals surface area contributed by atoms with Gasteiger partial charge in [-0.15, -0.1) is 5.10 Å². The molecule has 2 aromatic rings. The number of esters is 1. The number of hydrogen-bond donors (Lipinski definition) is 2. The molecule has 0 amide bonds. The highest BCUT2D eigenvalue weighted by atomic mass is 35.5. The van der Waals surface area contributed by atoms with E-state index >= 15 is 0 Å². The van der Waals surface area contributed by atoms with E-state index in [1.54, 1.807) is 35.1 Å². The summed E-state index contributed by atoms with van der Waals surface area (Å²) >= 11 is 11.6. The minimum atomic E-state index is -1.38. The molecule has 0 saturated heterocycles. The van der Waals surface area contributed by atoms with Gasteiger partial charge in [-0.1, -0.05) is 28.4 Å². The fourth-order valence-electron chi connectivity index (χ4n) is 1.88. The average molecular weight is 341 g/mol. The maximum atomic E-state index is 11.2. The molecule has 7 nitrogen and oxygen atoms in total. The molecular formula is C13H10Cl2N4O3. The van der Waals surface area contributed by atoms with E-state index in [9.17, 15) is 9.90 Å². The second-order valence-electron chi connectivity index (χ2n) is 4.47. The Bertz CT molecular complexity index is 742. The molecule has 1 atom stereocenters. The number of rotatable bonds is 4. The lowest BCUT2D eigenvalue weighted by Crippen LogP contribution is -2.22. The van der Waals surface area contributed by atoms with Gasteiger partial charge in [0.05, 0.1) is 18.4 Å². The zero-order valence-corrected chi connectivity index (χ0v) is 12.5. The Balaban J connectivity index is 1.70. The first-order valence-electron chi connectivity index (χ1n) is 6.24. The number of aliphatic hydroxyl groups excluding tert-OH is 1. The van der Waals surface area contributed by atoms with Gasteiger partial charge in [-0.25, -0.2) is 9.48 Å². The van der Waals surface area contributed by atoms with Crippen molar-refractivity contribution in [2.45, 2.75) is 12.8 Å². The summed E-state index contributed by atoms with van der Waals surface area (Å²) in [7, 11) is 0. The van der Waals surface area contributed by atoms with Gasteiger partial charge in [-0.3, -0.25) is 0 Å². The number of benzene rings is 1. The molecule has 2 heterocycles. The van der Waals surface area contributed by atoms with Crippen molar-refractivity contribution < 1.29 is 14.6 Å².